The highest BCUT2D eigenvalue weighted by Crippen LogP contribution is 2.30. The molecular formula is C23H36N10O. The first-order chi connectivity index (χ1) is 16.5. The van der Waals surface area contributed by atoms with Crippen molar-refractivity contribution >= 4 is 22.5 Å². The fourth-order valence-corrected chi connectivity index (χ4v) is 3.78. The minimum atomic E-state index is 0.584. The Hall–Kier alpha value is -2.86. The Morgan fingerprint density at radius 1 is 0.971 bits per heavy atom. The molecule has 184 valence electrons. The number of hydrogen-bond donors (Lipinski definition) is 2. The van der Waals surface area contributed by atoms with Gasteiger partial charge in [0.25, 0.3) is 0 Å². The molecule has 0 atom stereocenters. The Labute approximate surface area is 201 Å². The average Bonchev–Trinajstić information content (AvgIpc) is 3.36. The van der Waals surface area contributed by atoms with Gasteiger partial charge in [-0.25, -0.2) is 15.0 Å². The fraction of sp³-hybridized carbons (Fsp3) is 0.565. The van der Waals surface area contributed by atoms with Gasteiger partial charge in [-0.1, -0.05) is 0 Å². The minimum absolute atomic E-state index is 0.584. The fourth-order valence-electron chi connectivity index (χ4n) is 3.78. The topological polar surface area (TPSA) is 99.5 Å². The molecule has 0 saturated carbocycles. The maximum absolute atomic E-state index is 5.59. The second-order valence-corrected chi connectivity index (χ2v) is 8.99. The predicted octanol–water partition coefficient (Wildman–Crippen LogP) is 0.672. The SMILES string of the molecule is CN(C)CCNCc1cc(NCCN(C)C)c2nc(-n3ccnc3)nc(N3CCOCC3)c2n1. The van der Waals surface area contributed by atoms with E-state index in [0.29, 0.717) is 25.7 Å². The van der Waals surface area contributed by atoms with Crippen LogP contribution in [-0.2, 0) is 11.3 Å². The van der Waals surface area contributed by atoms with Crippen molar-refractivity contribution in [1.29, 1.82) is 0 Å². The van der Waals surface area contributed by atoms with Crippen LogP contribution in [0.5, 0.6) is 0 Å². The summed E-state index contributed by atoms with van der Waals surface area (Å²) in [4.78, 5) is 25.6. The number of aromatic nitrogens is 5. The van der Waals surface area contributed by atoms with Gasteiger partial charge in [0.1, 0.15) is 17.4 Å². The zero-order valence-corrected chi connectivity index (χ0v) is 20.7. The third-order valence-corrected chi connectivity index (χ3v) is 5.64. The summed E-state index contributed by atoms with van der Waals surface area (Å²) in [5.41, 5.74) is 3.56. The van der Waals surface area contributed by atoms with Crippen LogP contribution in [0, 0.1) is 0 Å². The van der Waals surface area contributed by atoms with Crippen LogP contribution in [0.2, 0.25) is 0 Å². The molecule has 0 spiro atoms. The minimum Gasteiger partial charge on any atom is -0.382 e. The van der Waals surface area contributed by atoms with Gasteiger partial charge in [-0.15, -0.1) is 0 Å². The van der Waals surface area contributed by atoms with Gasteiger partial charge in [0.15, 0.2) is 5.82 Å². The third-order valence-electron chi connectivity index (χ3n) is 5.64. The van der Waals surface area contributed by atoms with E-state index in [9.17, 15) is 0 Å². The van der Waals surface area contributed by atoms with Crippen molar-refractivity contribution in [3.63, 3.8) is 0 Å². The summed E-state index contributed by atoms with van der Waals surface area (Å²) in [6.07, 6.45) is 5.32. The maximum Gasteiger partial charge on any atom is 0.237 e. The van der Waals surface area contributed by atoms with Gasteiger partial charge in [0, 0.05) is 58.2 Å². The van der Waals surface area contributed by atoms with E-state index in [2.05, 4.69) is 64.6 Å². The van der Waals surface area contributed by atoms with E-state index in [1.54, 1.807) is 12.5 Å². The van der Waals surface area contributed by atoms with Gasteiger partial charge >= 0.3 is 0 Å². The summed E-state index contributed by atoms with van der Waals surface area (Å²) in [5, 5.41) is 7.10. The van der Waals surface area contributed by atoms with Crippen LogP contribution in [0.3, 0.4) is 0 Å². The third kappa shape index (κ3) is 6.17. The van der Waals surface area contributed by atoms with Crippen LogP contribution in [0.25, 0.3) is 17.0 Å². The van der Waals surface area contributed by atoms with Gasteiger partial charge in [-0.3, -0.25) is 4.57 Å². The molecule has 3 aromatic rings. The van der Waals surface area contributed by atoms with Crippen LogP contribution in [0.1, 0.15) is 5.69 Å². The van der Waals surface area contributed by atoms with Crippen molar-refractivity contribution in [2.45, 2.75) is 6.54 Å². The summed E-state index contributed by atoms with van der Waals surface area (Å²) in [5.74, 6) is 1.42. The van der Waals surface area contributed by atoms with Crippen molar-refractivity contribution in [3.05, 3.63) is 30.5 Å². The van der Waals surface area contributed by atoms with Crippen LogP contribution < -0.4 is 15.5 Å². The van der Waals surface area contributed by atoms with Crippen molar-refractivity contribution in [2.24, 2.45) is 0 Å². The van der Waals surface area contributed by atoms with Gasteiger partial charge in [-0.05, 0) is 34.3 Å². The summed E-state index contributed by atoms with van der Waals surface area (Å²) >= 11 is 0. The molecule has 1 aliphatic rings. The Morgan fingerprint density at radius 3 is 2.44 bits per heavy atom. The number of anilines is 2. The average molecular weight is 469 g/mol. The molecule has 11 nitrogen and oxygen atoms in total. The highest BCUT2D eigenvalue weighted by atomic mass is 16.5. The second-order valence-electron chi connectivity index (χ2n) is 8.99. The standard InChI is InChI=1S/C23H36N10O/c1-30(2)8-5-24-16-18-15-19(26-7-9-31(3)4)20-21(27-18)22(32-11-13-34-14-12-32)29-23(28-20)33-10-6-25-17-33/h6,10,15,17,24H,5,7-9,11-14,16H2,1-4H3,(H,26,27). The van der Waals surface area contributed by atoms with Crippen molar-refractivity contribution in [3.8, 4) is 5.95 Å². The largest absolute Gasteiger partial charge is 0.382 e. The first kappa shape index (κ1) is 24.3. The summed E-state index contributed by atoms with van der Waals surface area (Å²) < 4.78 is 7.43. The lowest BCUT2D eigenvalue weighted by Crippen LogP contribution is -2.37. The number of morpholine rings is 1. The van der Waals surface area contributed by atoms with Gasteiger partial charge < -0.3 is 30.1 Å². The van der Waals surface area contributed by atoms with Gasteiger partial charge in [-0.2, -0.15) is 4.98 Å². The first-order valence-corrected chi connectivity index (χ1v) is 11.8. The van der Waals surface area contributed by atoms with Crippen molar-refractivity contribution < 1.29 is 4.74 Å². The van der Waals surface area contributed by atoms with E-state index < -0.39 is 0 Å². The van der Waals surface area contributed by atoms with E-state index in [1.165, 1.54) is 0 Å². The molecule has 0 bridgehead atoms. The second kappa shape index (κ2) is 11.5. The Morgan fingerprint density at radius 2 is 1.74 bits per heavy atom. The van der Waals surface area contributed by atoms with Crippen LogP contribution in [0.15, 0.2) is 24.8 Å². The maximum atomic E-state index is 5.59. The highest BCUT2D eigenvalue weighted by molar-refractivity contribution is 5.95. The van der Waals surface area contributed by atoms with Crippen LogP contribution in [-0.4, -0.2) is 115 Å². The van der Waals surface area contributed by atoms with Crippen molar-refractivity contribution in [1.82, 2.24) is 39.6 Å². The zero-order chi connectivity index (χ0) is 23.9. The number of ether oxygens (including phenoxy) is 1. The molecule has 2 N–H and O–H groups in total. The number of fused-ring (bicyclic) bond motifs is 1. The number of rotatable bonds is 11. The van der Waals surface area contributed by atoms with E-state index >= 15 is 0 Å². The molecule has 0 amide bonds. The molecule has 4 heterocycles. The van der Waals surface area contributed by atoms with Gasteiger partial charge in [0.05, 0.1) is 24.6 Å². The van der Waals surface area contributed by atoms with E-state index in [1.807, 2.05) is 10.8 Å². The van der Waals surface area contributed by atoms with E-state index in [0.717, 1.165) is 67.5 Å². The molecule has 11 heteroatoms. The van der Waals surface area contributed by atoms with E-state index in [-0.39, 0.29) is 0 Å². The molecule has 34 heavy (non-hydrogen) atoms. The zero-order valence-electron chi connectivity index (χ0n) is 20.7. The van der Waals surface area contributed by atoms with Crippen LogP contribution in [0.4, 0.5) is 11.5 Å². The first-order valence-electron chi connectivity index (χ1n) is 11.8. The quantitative estimate of drug-likeness (QED) is 0.391. The van der Waals surface area contributed by atoms with Crippen molar-refractivity contribution in [2.75, 3.05) is 90.9 Å². The molecule has 0 unspecified atom stereocenters. The molecule has 1 fully saturated rings. The summed E-state index contributed by atoms with van der Waals surface area (Å²) in [7, 11) is 8.30. The molecule has 1 aliphatic heterocycles. The summed E-state index contributed by atoms with van der Waals surface area (Å²) in [6.45, 7) is 7.14. The van der Waals surface area contributed by atoms with Gasteiger partial charge in [0.2, 0.25) is 5.95 Å². The number of pyridine rings is 1. The Balaban J connectivity index is 1.76. The monoisotopic (exact) mass is 468 g/mol. The molecule has 3 aromatic heterocycles. The number of nitrogens with one attached hydrogen (secondary N) is 2. The number of hydrogen-bond acceptors (Lipinski definition) is 10. The van der Waals surface area contributed by atoms with Crippen LogP contribution >= 0.6 is 0 Å². The Bertz CT molecular complexity index is 1050. The number of likely N-dealkylation sites (N-methyl/N-ethyl adjacent to an activating group) is 2. The lowest BCUT2D eigenvalue weighted by atomic mass is 10.2. The normalized spacial score (nSPS) is 14.5. The molecule has 4 rings (SSSR count). The molecule has 1 saturated heterocycles. The number of nitrogens with zero attached hydrogens (tertiary/aromatic N) is 8. The highest BCUT2D eigenvalue weighted by Gasteiger charge is 2.21. The van der Waals surface area contributed by atoms with E-state index in [4.69, 9.17) is 19.7 Å². The smallest absolute Gasteiger partial charge is 0.237 e. The summed E-state index contributed by atoms with van der Waals surface area (Å²) in [6, 6.07) is 2.11. The molecule has 0 radical (unpaired) electrons. The molecule has 0 aromatic carbocycles. The lowest BCUT2D eigenvalue weighted by molar-refractivity contribution is 0.122. The molecular weight excluding hydrogens is 432 g/mol. The number of imidazole rings is 1. The predicted molar refractivity (Wildman–Crippen MR) is 135 cm³/mol. The Kier molecular flexibility index (Phi) is 8.22. The molecule has 0 aliphatic carbocycles. The lowest BCUT2D eigenvalue weighted by Gasteiger charge is -2.29.